The lowest BCUT2D eigenvalue weighted by atomic mass is 9.69. The van der Waals surface area contributed by atoms with Crippen molar-refractivity contribution < 1.29 is 162 Å². The van der Waals surface area contributed by atoms with E-state index in [0.29, 0.717) is 6.61 Å². The molecule has 1 fully saturated rings. The van der Waals surface area contributed by atoms with Gasteiger partial charge in [0, 0.05) is 67.4 Å². The van der Waals surface area contributed by atoms with E-state index in [1.807, 2.05) is 0 Å². The molecule has 536 valence electrons. The van der Waals surface area contributed by atoms with Crippen LogP contribution in [0.2, 0.25) is 0 Å². The minimum Gasteiger partial charge on any atom is -0.481 e. The van der Waals surface area contributed by atoms with Crippen LogP contribution in [0.3, 0.4) is 0 Å². The summed E-state index contributed by atoms with van der Waals surface area (Å²) in [5.41, 5.74) is -7.15. The van der Waals surface area contributed by atoms with Crippen molar-refractivity contribution in [2.75, 3.05) is 74.4 Å². The van der Waals surface area contributed by atoms with Gasteiger partial charge in [-0.3, -0.25) is 43.2 Å². The molecule has 1 saturated heterocycles. The highest BCUT2D eigenvalue weighted by Gasteiger charge is 2.77. The molecule has 6 atom stereocenters. The number of amides is 2. The zero-order chi connectivity index (χ0) is 73.2. The number of aliphatic hydroxyl groups is 1. The SMILES string of the molecule is CC(=O)O.CC(=O)O.CC(=O)O.CCC(CC(C)(CC(C)(C)C(=O)OCC1CO1)C(=O)OCC(F)(F)C(F)(F)C(F)(F)C(F)F)C(=O)N(C)C.CCOCC(O)COC(=O)C(C)(C)CC(C)(CC(CC)C(=O)N(C)C)C(=O)OCC(F)(F)C(F)(F)C(F)(F)C(F)F. The van der Waals surface area contributed by atoms with Gasteiger partial charge in [0.25, 0.3) is 17.9 Å². The molecule has 0 aliphatic carbocycles. The number of aliphatic hydroxyl groups excluding tert-OH is 1. The molecule has 4 N–H and O–H groups in total. The van der Waals surface area contributed by atoms with Crippen LogP contribution in [0.1, 0.15) is 122 Å². The lowest BCUT2D eigenvalue weighted by molar-refractivity contribution is -0.344. The number of ether oxygens (including phenoxy) is 6. The van der Waals surface area contributed by atoms with Crippen LogP contribution in [0.15, 0.2) is 0 Å². The molecule has 0 radical (unpaired) electrons. The Morgan fingerprint density at radius 3 is 1.03 bits per heavy atom. The van der Waals surface area contributed by atoms with E-state index in [0.717, 1.165) is 34.6 Å². The van der Waals surface area contributed by atoms with Gasteiger partial charge in [0.2, 0.25) is 11.8 Å². The van der Waals surface area contributed by atoms with Crippen molar-refractivity contribution in [3.63, 3.8) is 0 Å². The van der Waals surface area contributed by atoms with Crippen molar-refractivity contribution in [1.29, 1.82) is 0 Å². The fraction of sp³-hybridized carbons (Fsp3) is 0.833. The highest BCUT2D eigenvalue weighted by molar-refractivity contribution is 5.84. The zero-order valence-corrected chi connectivity index (χ0v) is 53.0. The van der Waals surface area contributed by atoms with Crippen LogP contribution in [-0.4, -0.2) is 219 Å². The van der Waals surface area contributed by atoms with Crippen molar-refractivity contribution in [2.24, 2.45) is 33.5 Å². The largest absolute Gasteiger partial charge is 0.481 e. The maximum atomic E-state index is 14.1. The van der Waals surface area contributed by atoms with Gasteiger partial charge in [0.05, 0.1) is 34.9 Å². The van der Waals surface area contributed by atoms with Gasteiger partial charge in [0.15, 0.2) is 13.2 Å². The van der Waals surface area contributed by atoms with Crippen LogP contribution >= 0.6 is 0 Å². The minimum atomic E-state index is -6.59. The first-order valence-corrected chi connectivity index (χ1v) is 27.1. The molecule has 0 bridgehead atoms. The number of carbonyl (C=O) groups is 9. The van der Waals surface area contributed by atoms with Crippen molar-refractivity contribution >= 4 is 53.6 Å². The third-order valence-corrected chi connectivity index (χ3v) is 12.5. The Kier molecular flexibility index (Phi) is 37.8. The molecule has 1 rings (SSSR count). The Morgan fingerprint density at radius 2 is 0.791 bits per heavy atom. The first-order valence-electron chi connectivity index (χ1n) is 27.1. The van der Waals surface area contributed by atoms with Gasteiger partial charge < -0.3 is 58.6 Å². The van der Waals surface area contributed by atoms with Gasteiger partial charge in [-0.2, -0.15) is 52.7 Å². The second-order valence-electron chi connectivity index (χ2n) is 22.9. The quantitative estimate of drug-likeness (QED) is 0.0206. The van der Waals surface area contributed by atoms with Gasteiger partial charge >= 0.3 is 72.3 Å². The molecule has 91 heavy (non-hydrogen) atoms. The Labute approximate surface area is 515 Å². The normalized spacial score (nSPS) is 16.0. The predicted molar refractivity (Wildman–Crippen MR) is 285 cm³/mol. The van der Waals surface area contributed by atoms with E-state index in [4.69, 9.17) is 48.7 Å². The average molecular weight is 1370 g/mol. The summed E-state index contributed by atoms with van der Waals surface area (Å²) in [5, 5.41) is 32.1. The third-order valence-electron chi connectivity index (χ3n) is 12.5. The number of carboxylic acids is 3. The summed E-state index contributed by atoms with van der Waals surface area (Å²) >= 11 is 0. The number of rotatable bonds is 33. The molecule has 0 saturated carbocycles. The fourth-order valence-corrected chi connectivity index (χ4v) is 7.98. The number of alkyl halides is 16. The number of epoxide rings is 1. The number of hydrogen-bond donors (Lipinski definition) is 4. The van der Waals surface area contributed by atoms with Crippen LogP contribution < -0.4 is 0 Å². The Balaban J connectivity index is -0.000000705. The molecule has 1 aliphatic heterocycles. The van der Waals surface area contributed by atoms with Gasteiger partial charge in [-0.05, 0) is 87.0 Å². The van der Waals surface area contributed by atoms with E-state index in [-0.39, 0.29) is 38.8 Å². The molecule has 0 aromatic heterocycles. The number of hydrogen-bond acceptors (Lipinski definition) is 16. The first-order chi connectivity index (χ1) is 40.7. The number of nitrogens with zero attached hydrogens (tertiary/aromatic N) is 2. The van der Waals surface area contributed by atoms with E-state index in [9.17, 15) is 104 Å². The third kappa shape index (κ3) is 30.1. The maximum absolute atomic E-state index is 14.1. The van der Waals surface area contributed by atoms with E-state index in [1.165, 1.54) is 65.7 Å². The standard InChI is InChI=1S/C25H39F8NO7.C23H33F8NO6.3C2H4O2/c1-8-15(17(36)34(6)7)10-22(5,13-21(3,4)19(37)40-12-16(35)11-39-9-2)20(38)41-14-23(28,29)25(32,33)24(30,31)18(26)27;1-7-13(15(33)32(5)6)8-20(4,11-19(2,3)17(34)37-10-14-9-36-14)18(35)38-12-21(26,27)23(30,31)22(28,29)16(24)25;3*1-2(3)4/h15-16,18,35H,8-14H2,1-7H3;13-14,16H,7-12H2,1-6H3;3*1H3,(H,3,4). The number of carbonyl (C=O) groups excluding carboxylic acids is 6. The highest BCUT2D eigenvalue weighted by Crippen LogP contribution is 2.51. The predicted octanol–water partition coefficient (Wildman–Crippen LogP) is 9.41. The van der Waals surface area contributed by atoms with Crippen LogP contribution in [0, 0.1) is 33.5 Å². The van der Waals surface area contributed by atoms with Crippen LogP contribution in [-0.2, 0) is 71.6 Å². The summed E-state index contributed by atoms with van der Waals surface area (Å²) in [6, 6.07) is 0. The summed E-state index contributed by atoms with van der Waals surface area (Å²) < 4.78 is 242. The topological polar surface area (TPSA) is 300 Å². The van der Waals surface area contributed by atoms with E-state index in [2.05, 4.69) is 9.47 Å². The fourth-order valence-electron chi connectivity index (χ4n) is 7.98. The molecule has 1 heterocycles. The zero-order valence-electron chi connectivity index (χ0n) is 53.0. The van der Waals surface area contributed by atoms with E-state index in [1.54, 1.807) is 20.8 Å². The van der Waals surface area contributed by atoms with Crippen LogP contribution in [0.25, 0.3) is 0 Å². The number of aliphatic carboxylic acids is 3. The van der Waals surface area contributed by atoms with E-state index < -0.39 is 187 Å². The molecule has 6 unspecified atom stereocenters. The maximum Gasteiger partial charge on any atom is 0.381 e. The molecular formula is C54H84F16N2O19. The second kappa shape index (κ2) is 37.6. The molecular weight excluding hydrogens is 1280 g/mol. The molecule has 21 nitrogen and oxygen atoms in total. The summed E-state index contributed by atoms with van der Waals surface area (Å²) in [6.45, 7) is 10.0. The lowest BCUT2D eigenvalue weighted by Crippen LogP contribution is -2.59. The summed E-state index contributed by atoms with van der Waals surface area (Å²) in [7, 11) is 5.60. The number of halogens is 16. The average Bonchev–Trinajstić information content (AvgIpc) is 1.03. The highest BCUT2D eigenvalue weighted by atomic mass is 19.4. The summed E-state index contributed by atoms with van der Waals surface area (Å²) in [4.78, 5) is 106. The second-order valence-corrected chi connectivity index (χ2v) is 22.9. The molecule has 0 spiro atoms. The van der Waals surface area contributed by atoms with Gasteiger partial charge in [-0.15, -0.1) is 0 Å². The van der Waals surface area contributed by atoms with Gasteiger partial charge in [-0.25, -0.2) is 17.6 Å². The molecule has 0 aromatic carbocycles. The van der Waals surface area contributed by atoms with Gasteiger partial charge in [0.1, 0.15) is 25.4 Å². The Bertz CT molecular complexity index is 2300. The lowest BCUT2D eigenvalue weighted by Gasteiger charge is -2.37. The van der Waals surface area contributed by atoms with E-state index >= 15 is 0 Å². The van der Waals surface area contributed by atoms with Gasteiger partial charge in [-0.1, -0.05) is 13.8 Å². The van der Waals surface area contributed by atoms with Crippen molar-refractivity contribution in [1.82, 2.24) is 9.80 Å². The Morgan fingerprint density at radius 1 is 0.505 bits per heavy atom. The number of carboxylic acid groups (broad SMARTS) is 3. The first kappa shape index (κ1) is 91.4. The molecule has 1 aliphatic rings. The minimum absolute atomic E-state index is 0.0974. The smallest absolute Gasteiger partial charge is 0.381 e. The Hall–Kier alpha value is -6.01. The van der Waals surface area contributed by atoms with Crippen molar-refractivity contribution in [2.45, 2.75) is 182 Å². The molecule has 0 aromatic rings. The van der Waals surface area contributed by atoms with Crippen LogP contribution in [0.4, 0.5) is 70.2 Å². The van der Waals surface area contributed by atoms with Crippen molar-refractivity contribution in [3.05, 3.63) is 0 Å². The molecule has 2 amide bonds. The van der Waals surface area contributed by atoms with Crippen molar-refractivity contribution in [3.8, 4) is 0 Å². The monoisotopic (exact) mass is 1370 g/mol. The summed E-state index contributed by atoms with van der Waals surface area (Å²) in [6.07, 6.45) is -13.5. The summed E-state index contributed by atoms with van der Waals surface area (Å²) in [5.74, 6) is -48.3. The number of esters is 4. The van der Waals surface area contributed by atoms with Crippen LogP contribution in [0.5, 0.6) is 0 Å². The molecule has 37 heteroatoms.